The molecular weight excluding hydrogens is 322 g/mol. The Bertz CT molecular complexity index is 855. The Morgan fingerprint density at radius 3 is 2.62 bits per heavy atom. The molecule has 4 nitrogen and oxygen atoms in total. The highest BCUT2D eigenvalue weighted by Gasteiger charge is 2.13. The minimum absolute atomic E-state index is 0.0714. The van der Waals surface area contributed by atoms with Gasteiger partial charge in [0.05, 0.1) is 13.2 Å². The van der Waals surface area contributed by atoms with Crippen molar-refractivity contribution in [3.8, 4) is 5.75 Å². The second-order valence-electron chi connectivity index (χ2n) is 5.73. The maximum absolute atomic E-state index is 11.4. The Morgan fingerprint density at radius 1 is 1.21 bits per heavy atom. The number of benzene rings is 2. The molecule has 1 aromatic heterocycles. The molecule has 0 aliphatic heterocycles. The average Bonchev–Trinajstić information content (AvgIpc) is 3.04. The van der Waals surface area contributed by atoms with E-state index in [-0.39, 0.29) is 6.04 Å². The molecule has 3 aromatic rings. The summed E-state index contributed by atoms with van der Waals surface area (Å²) in [6.07, 6.45) is 1.69. The predicted molar refractivity (Wildman–Crippen MR) is 96.8 cm³/mol. The molecule has 0 saturated heterocycles. The smallest absolute Gasteiger partial charge is 0.176 e. The van der Waals surface area contributed by atoms with Gasteiger partial charge in [-0.25, -0.2) is 0 Å². The van der Waals surface area contributed by atoms with Gasteiger partial charge in [-0.3, -0.25) is 4.21 Å². The lowest BCUT2D eigenvalue weighted by Gasteiger charge is -2.11. The lowest BCUT2D eigenvalue weighted by molar-refractivity contribution is 0.399. The van der Waals surface area contributed by atoms with E-state index in [2.05, 4.69) is 12.2 Å². The van der Waals surface area contributed by atoms with E-state index in [0.717, 1.165) is 32.9 Å². The normalized spacial score (nSPS) is 13.8. The number of methoxy groups -OCH3 is 1. The highest BCUT2D eigenvalue weighted by molar-refractivity contribution is 7.84. The molecule has 0 saturated carbocycles. The van der Waals surface area contributed by atoms with Crippen molar-refractivity contribution in [3.05, 3.63) is 59.9 Å². The van der Waals surface area contributed by atoms with E-state index in [1.807, 2.05) is 48.5 Å². The van der Waals surface area contributed by atoms with Crippen molar-refractivity contribution < 1.29 is 13.4 Å². The van der Waals surface area contributed by atoms with Crippen LogP contribution in [0, 0.1) is 0 Å². The minimum atomic E-state index is -0.939. The number of hydrogen-bond donors (Lipinski definition) is 1. The Balaban J connectivity index is 1.70. The standard InChI is InChI=1S/C19H21NO3S/c1-13(20-12-14-7-9-16(10-8-14)24(3)21)18-11-15-5-4-6-17(22-2)19(15)23-18/h4-11,13,20H,12H2,1-3H3/t13-,24+/m1/s1. The van der Waals surface area contributed by atoms with Crippen LogP contribution in [0.1, 0.15) is 24.3 Å². The number of nitrogens with one attached hydrogen (secondary N) is 1. The number of hydrogen-bond acceptors (Lipinski definition) is 4. The van der Waals surface area contributed by atoms with Crippen molar-refractivity contribution in [2.75, 3.05) is 13.4 Å². The van der Waals surface area contributed by atoms with Gasteiger partial charge in [0.2, 0.25) is 0 Å². The van der Waals surface area contributed by atoms with Crippen LogP contribution >= 0.6 is 0 Å². The zero-order valence-corrected chi connectivity index (χ0v) is 14.9. The molecule has 0 bridgehead atoms. The molecule has 24 heavy (non-hydrogen) atoms. The van der Waals surface area contributed by atoms with Gasteiger partial charge in [-0.15, -0.1) is 0 Å². The first-order valence-corrected chi connectivity index (χ1v) is 9.36. The van der Waals surface area contributed by atoms with Crippen molar-refractivity contribution in [3.63, 3.8) is 0 Å². The third-order valence-corrected chi connectivity index (χ3v) is 4.98. The molecule has 5 heteroatoms. The summed E-state index contributed by atoms with van der Waals surface area (Å²) < 4.78 is 22.7. The van der Waals surface area contributed by atoms with Crippen molar-refractivity contribution in [1.82, 2.24) is 5.32 Å². The summed E-state index contributed by atoms with van der Waals surface area (Å²) in [4.78, 5) is 0.844. The number of rotatable bonds is 6. The van der Waals surface area contributed by atoms with Gasteiger partial charge in [0, 0.05) is 33.9 Å². The Hall–Kier alpha value is -2.11. The molecule has 2 aromatic carbocycles. The Labute approximate surface area is 144 Å². The van der Waals surface area contributed by atoms with E-state index in [1.54, 1.807) is 13.4 Å². The van der Waals surface area contributed by atoms with Crippen LogP contribution in [-0.4, -0.2) is 17.6 Å². The van der Waals surface area contributed by atoms with Crippen molar-refractivity contribution in [2.45, 2.75) is 24.4 Å². The summed E-state index contributed by atoms with van der Waals surface area (Å²) in [6, 6.07) is 15.8. The predicted octanol–water partition coefficient (Wildman–Crippen LogP) is 4.03. The summed E-state index contributed by atoms with van der Waals surface area (Å²) >= 11 is 0. The molecule has 0 aliphatic rings. The lowest BCUT2D eigenvalue weighted by Crippen LogP contribution is -2.17. The van der Waals surface area contributed by atoms with E-state index in [1.165, 1.54) is 0 Å². The summed E-state index contributed by atoms with van der Waals surface area (Å²) in [5.41, 5.74) is 1.92. The van der Waals surface area contributed by atoms with Crippen LogP contribution in [0.3, 0.4) is 0 Å². The highest BCUT2D eigenvalue weighted by atomic mass is 32.2. The first kappa shape index (κ1) is 16.7. The Kier molecular flexibility index (Phi) is 5.02. The maximum Gasteiger partial charge on any atom is 0.176 e. The first-order chi connectivity index (χ1) is 11.6. The van der Waals surface area contributed by atoms with Crippen LogP contribution < -0.4 is 10.1 Å². The van der Waals surface area contributed by atoms with E-state index in [0.29, 0.717) is 6.54 Å². The lowest BCUT2D eigenvalue weighted by atomic mass is 10.2. The fourth-order valence-electron chi connectivity index (χ4n) is 2.60. The molecule has 0 spiro atoms. The van der Waals surface area contributed by atoms with E-state index in [9.17, 15) is 4.21 Å². The third-order valence-electron chi connectivity index (χ3n) is 4.04. The summed E-state index contributed by atoms with van der Waals surface area (Å²) in [5.74, 6) is 1.62. The van der Waals surface area contributed by atoms with E-state index < -0.39 is 10.8 Å². The van der Waals surface area contributed by atoms with Crippen LogP contribution in [0.4, 0.5) is 0 Å². The second-order valence-corrected chi connectivity index (χ2v) is 7.11. The molecule has 126 valence electrons. The van der Waals surface area contributed by atoms with Crippen molar-refractivity contribution in [1.29, 1.82) is 0 Å². The number of ether oxygens (including phenoxy) is 1. The summed E-state index contributed by atoms with van der Waals surface area (Å²) in [7, 11) is 0.705. The zero-order chi connectivity index (χ0) is 17.1. The molecule has 3 rings (SSSR count). The fourth-order valence-corrected chi connectivity index (χ4v) is 3.12. The number of furan rings is 1. The second kappa shape index (κ2) is 7.20. The molecule has 0 unspecified atom stereocenters. The van der Waals surface area contributed by atoms with Gasteiger partial charge in [0.25, 0.3) is 0 Å². The van der Waals surface area contributed by atoms with Gasteiger partial charge in [0.15, 0.2) is 11.3 Å². The first-order valence-electron chi connectivity index (χ1n) is 7.80. The van der Waals surface area contributed by atoms with Gasteiger partial charge in [0.1, 0.15) is 5.76 Å². The molecular formula is C19H21NO3S. The topological polar surface area (TPSA) is 51.5 Å². The van der Waals surface area contributed by atoms with Crippen LogP contribution in [0.25, 0.3) is 11.0 Å². The monoisotopic (exact) mass is 343 g/mol. The number of para-hydroxylation sites is 1. The van der Waals surface area contributed by atoms with Gasteiger partial charge in [-0.05, 0) is 36.8 Å². The van der Waals surface area contributed by atoms with Gasteiger partial charge in [-0.2, -0.15) is 0 Å². The van der Waals surface area contributed by atoms with Crippen LogP contribution in [0.2, 0.25) is 0 Å². The molecule has 1 heterocycles. The van der Waals surface area contributed by atoms with E-state index in [4.69, 9.17) is 9.15 Å². The zero-order valence-electron chi connectivity index (χ0n) is 14.0. The minimum Gasteiger partial charge on any atom is -0.493 e. The largest absolute Gasteiger partial charge is 0.493 e. The van der Waals surface area contributed by atoms with Crippen LogP contribution in [-0.2, 0) is 17.3 Å². The molecule has 0 aliphatic carbocycles. The molecule has 1 N–H and O–H groups in total. The van der Waals surface area contributed by atoms with Crippen LogP contribution in [0.15, 0.2) is 57.8 Å². The number of fused-ring (bicyclic) bond motifs is 1. The van der Waals surface area contributed by atoms with E-state index >= 15 is 0 Å². The molecule has 2 atom stereocenters. The van der Waals surface area contributed by atoms with Gasteiger partial charge >= 0.3 is 0 Å². The quantitative estimate of drug-likeness (QED) is 0.734. The fraction of sp³-hybridized carbons (Fsp3) is 0.263. The molecule has 0 amide bonds. The summed E-state index contributed by atoms with van der Waals surface area (Å²) in [5, 5.41) is 4.49. The third kappa shape index (κ3) is 3.52. The highest BCUT2D eigenvalue weighted by Crippen LogP contribution is 2.30. The Morgan fingerprint density at radius 2 is 1.96 bits per heavy atom. The van der Waals surface area contributed by atoms with Gasteiger partial charge in [-0.1, -0.05) is 24.3 Å². The average molecular weight is 343 g/mol. The maximum atomic E-state index is 11.4. The van der Waals surface area contributed by atoms with Crippen LogP contribution in [0.5, 0.6) is 5.75 Å². The van der Waals surface area contributed by atoms with Crippen molar-refractivity contribution >= 4 is 21.8 Å². The van der Waals surface area contributed by atoms with Crippen molar-refractivity contribution in [2.24, 2.45) is 0 Å². The van der Waals surface area contributed by atoms with Gasteiger partial charge < -0.3 is 14.5 Å². The molecule has 0 fully saturated rings. The SMILES string of the molecule is COc1cccc2cc([C@@H](C)NCc3ccc([S@](C)=O)cc3)oc12. The molecule has 0 radical (unpaired) electrons. The summed E-state index contributed by atoms with van der Waals surface area (Å²) in [6.45, 7) is 2.78.